The Kier molecular flexibility index (Phi) is 5.30. The highest BCUT2D eigenvalue weighted by molar-refractivity contribution is 6.31. The summed E-state index contributed by atoms with van der Waals surface area (Å²) in [5.41, 5.74) is -0.181. The van der Waals surface area contributed by atoms with Crippen molar-refractivity contribution in [2.24, 2.45) is 0 Å². The van der Waals surface area contributed by atoms with Gasteiger partial charge in [0, 0.05) is 24.2 Å². The summed E-state index contributed by atoms with van der Waals surface area (Å²) in [4.78, 5) is 24.3. The molecule has 0 radical (unpaired) electrons. The van der Waals surface area contributed by atoms with E-state index < -0.39 is 4.92 Å². The first-order chi connectivity index (χ1) is 8.92. The number of amides is 1. The Bertz CT molecular complexity index is 487. The zero-order valence-electron chi connectivity index (χ0n) is 11.2. The number of nitro groups is 1. The fraction of sp³-hybridized carbons (Fsp3) is 0.462. The highest BCUT2D eigenvalue weighted by Gasteiger charge is 2.25. The number of benzene rings is 1. The van der Waals surface area contributed by atoms with E-state index in [2.05, 4.69) is 0 Å². The van der Waals surface area contributed by atoms with Gasteiger partial charge >= 0.3 is 0 Å². The number of nitrogens with zero attached hydrogens (tertiary/aromatic N) is 2. The second-order valence-corrected chi connectivity index (χ2v) is 4.74. The van der Waals surface area contributed by atoms with Crippen LogP contribution < -0.4 is 0 Å². The smallest absolute Gasteiger partial charge is 0.282 e. The van der Waals surface area contributed by atoms with Crippen molar-refractivity contribution in [3.63, 3.8) is 0 Å². The summed E-state index contributed by atoms with van der Waals surface area (Å²) >= 11 is 5.82. The first-order valence-electron chi connectivity index (χ1n) is 6.13. The number of hydrogen-bond acceptors (Lipinski definition) is 3. The maximum Gasteiger partial charge on any atom is 0.282 e. The minimum absolute atomic E-state index is 0.0342. The molecule has 1 aromatic rings. The number of hydrogen-bond donors (Lipinski definition) is 0. The molecule has 0 saturated carbocycles. The number of rotatable bonds is 5. The van der Waals surface area contributed by atoms with Crippen molar-refractivity contribution in [1.29, 1.82) is 0 Å². The van der Waals surface area contributed by atoms with E-state index in [1.165, 1.54) is 18.2 Å². The lowest BCUT2D eigenvalue weighted by Crippen LogP contribution is -2.36. The minimum Gasteiger partial charge on any atom is -0.339 e. The van der Waals surface area contributed by atoms with E-state index in [0.29, 0.717) is 5.02 Å². The molecule has 6 heteroatoms. The fourth-order valence-corrected chi connectivity index (χ4v) is 2.20. The normalized spacial score (nSPS) is 10.6. The van der Waals surface area contributed by atoms with Crippen LogP contribution in [0.4, 0.5) is 5.69 Å². The molecule has 19 heavy (non-hydrogen) atoms. The minimum atomic E-state index is -0.565. The highest BCUT2D eigenvalue weighted by atomic mass is 35.5. The maximum absolute atomic E-state index is 12.3. The SMILES string of the molecule is CCC(CC)N(C)C(=O)c1cc(Cl)ccc1[N+](=O)[O-]. The van der Waals surface area contributed by atoms with E-state index in [0.717, 1.165) is 12.8 Å². The zero-order valence-corrected chi connectivity index (χ0v) is 12.0. The molecule has 0 aliphatic rings. The molecule has 1 rings (SSSR count). The first kappa shape index (κ1) is 15.4. The fourth-order valence-electron chi connectivity index (χ4n) is 2.03. The van der Waals surface area contributed by atoms with Crippen molar-refractivity contribution in [2.45, 2.75) is 32.7 Å². The second-order valence-electron chi connectivity index (χ2n) is 4.30. The van der Waals surface area contributed by atoms with Crippen LogP contribution in [0.3, 0.4) is 0 Å². The van der Waals surface area contributed by atoms with Gasteiger partial charge in [-0.15, -0.1) is 0 Å². The van der Waals surface area contributed by atoms with Gasteiger partial charge in [0.05, 0.1) is 4.92 Å². The summed E-state index contributed by atoms with van der Waals surface area (Å²) in [5.74, 6) is -0.372. The third-order valence-electron chi connectivity index (χ3n) is 3.20. The molecule has 1 amide bonds. The molecule has 0 unspecified atom stereocenters. The summed E-state index contributed by atoms with van der Waals surface area (Å²) in [5, 5.41) is 11.3. The molecular weight excluding hydrogens is 268 g/mol. The van der Waals surface area contributed by atoms with E-state index in [-0.39, 0.29) is 23.2 Å². The van der Waals surface area contributed by atoms with E-state index >= 15 is 0 Å². The Morgan fingerprint density at radius 3 is 2.47 bits per heavy atom. The van der Waals surface area contributed by atoms with Crippen molar-refractivity contribution in [3.8, 4) is 0 Å². The van der Waals surface area contributed by atoms with Crippen LogP contribution in [0.25, 0.3) is 0 Å². The van der Waals surface area contributed by atoms with Crippen LogP contribution in [-0.2, 0) is 0 Å². The van der Waals surface area contributed by atoms with Crippen molar-refractivity contribution in [3.05, 3.63) is 38.9 Å². The Morgan fingerprint density at radius 1 is 1.42 bits per heavy atom. The van der Waals surface area contributed by atoms with Gasteiger partial charge in [-0.25, -0.2) is 0 Å². The van der Waals surface area contributed by atoms with Gasteiger partial charge in [0.25, 0.3) is 11.6 Å². The monoisotopic (exact) mass is 284 g/mol. The number of nitro benzene ring substituents is 1. The Hall–Kier alpha value is -1.62. The van der Waals surface area contributed by atoms with Gasteiger partial charge in [-0.2, -0.15) is 0 Å². The molecule has 104 valence electrons. The third-order valence-corrected chi connectivity index (χ3v) is 3.43. The predicted molar refractivity (Wildman–Crippen MR) is 74.6 cm³/mol. The van der Waals surface area contributed by atoms with Gasteiger partial charge in [0.2, 0.25) is 0 Å². The van der Waals surface area contributed by atoms with Gasteiger partial charge in [-0.05, 0) is 25.0 Å². The molecule has 0 aliphatic carbocycles. The molecule has 5 nitrogen and oxygen atoms in total. The number of carbonyl (C=O) groups is 1. The van der Waals surface area contributed by atoms with Crippen molar-refractivity contribution in [2.75, 3.05) is 7.05 Å². The van der Waals surface area contributed by atoms with Crippen LogP contribution in [0.1, 0.15) is 37.0 Å². The molecule has 0 spiro atoms. The third kappa shape index (κ3) is 3.44. The Morgan fingerprint density at radius 2 is 2.00 bits per heavy atom. The topological polar surface area (TPSA) is 63.5 Å². The predicted octanol–water partition coefficient (Wildman–Crippen LogP) is 3.51. The van der Waals surface area contributed by atoms with E-state index in [4.69, 9.17) is 11.6 Å². The van der Waals surface area contributed by atoms with Gasteiger partial charge in [0.1, 0.15) is 5.56 Å². The second kappa shape index (κ2) is 6.52. The lowest BCUT2D eigenvalue weighted by molar-refractivity contribution is -0.385. The summed E-state index contributed by atoms with van der Waals surface area (Å²) in [6, 6.07) is 4.08. The Labute approximate surface area is 117 Å². The lowest BCUT2D eigenvalue weighted by atomic mass is 10.1. The van der Waals surface area contributed by atoms with Gasteiger partial charge in [-0.1, -0.05) is 25.4 Å². The van der Waals surface area contributed by atoms with Crippen LogP contribution in [0.2, 0.25) is 5.02 Å². The molecular formula is C13H17ClN2O3. The van der Waals surface area contributed by atoms with Crippen LogP contribution >= 0.6 is 11.6 Å². The average Bonchev–Trinajstić information content (AvgIpc) is 2.38. The van der Waals surface area contributed by atoms with Crippen LogP contribution in [0.5, 0.6) is 0 Å². The van der Waals surface area contributed by atoms with Crippen LogP contribution in [-0.4, -0.2) is 28.8 Å². The lowest BCUT2D eigenvalue weighted by Gasteiger charge is -2.26. The van der Waals surface area contributed by atoms with Crippen LogP contribution in [0.15, 0.2) is 18.2 Å². The molecule has 0 N–H and O–H groups in total. The van der Waals surface area contributed by atoms with E-state index in [1.807, 2.05) is 13.8 Å². The highest BCUT2D eigenvalue weighted by Crippen LogP contribution is 2.25. The summed E-state index contributed by atoms with van der Waals surface area (Å²) in [6.07, 6.45) is 1.60. The summed E-state index contributed by atoms with van der Waals surface area (Å²) in [6.45, 7) is 3.95. The molecule has 0 fully saturated rings. The quantitative estimate of drug-likeness (QED) is 0.614. The summed E-state index contributed by atoms with van der Waals surface area (Å²) < 4.78 is 0. The molecule has 0 aromatic heterocycles. The standard InChI is InChI=1S/C13H17ClN2O3/c1-4-10(5-2)15(3)13(17)11-8-9(14)6-7-12(11)16(18)19/h6-8,10H,4-5H2,1-3H3. The molecule has 1 aromatic carbocycles. The first-order valence-corrected chi connectivity index (χ1v) is 6.51. The van der Waals surface area contributed by atoms with Crippen molar-refractivity contribution in [1.82, 2.24) is 4.90 Å². The molecule has 0 bridgehead atoms. The molecule has 0 heterocycles. The van der Waals surface area contributed by atoms with Crippen molar-refractivity contribution < 1.29 is 9.72 Å². The van der Waals surface area contributed by atoms with Crippen molar-refractivity contribution >= 4 is 23.2 Å². The molecule has 0 saturated heterocycles. The number of halogens is 1. The summed E-state index contributed by atoms with van der Waals surface area (Å²) in [7, 11) is 1.66. The van der Waals surface area contributed by atoms with E-state index in [1.54, 1.807) is 11.9 Å². The largest absolute Gasteiger partial charge is 0.339 e. The number of carbonyl (C=O) groups excluding carboxylic acids is 1. The maximum atomic E-state index is 12.3. The molecule has 0 aliphatic heterocycles. The zero-order chi connectivity index (χ0) is 14.6. The van der Waals surface area contributed by atoms with Gasteiger partial charge < -0.3 is 4.90 Å². The molecule has 0 atom stereocenters. The van der Waals surface area contributed by atoms with Gasteiger partial charge in [-0.3, -0.25) is 14.9 Å². The van der Waals surface area contributed by atoms with Crippen LogP contribution in [0, 0.1) is 10.1 Å². The Balaban J connectivity index is 3.18. The van der Waals surface area contributed by atoms with E-state index in [9.17, 15) is 14.9 Å². The average molecular weight is 285 g/mol. The van der Waals surface area contributed by atoms with Gasteiger partial charge in [0.15, 0.2) is 0 Å².